The van der Waals surface area contributed by atoms with Gasteiger partial charge >= 0.3 is 0 Å². The minimum atomic E-state index is -0.362. The van der Waals surface area contributed by atoms with E-state index in [0.717, 1.165) is 41.6 Å². The Morgan fingerprint density at radius 2 is 1.68 bits per heavy atom. The molecular formula is C17H21NO. The Hall–Kier alpha value is -1.67. The van der Waals surface area contributed by atoms with Crippen molar-refractivity contribution in [3.05, 3.63) is 53.9 Å². The first kappa shape index (κ1) is 13.8. The number of benzene rings is 1. The molecule has 1 heterocycles. The van der Waals surface area contributed by atoms with E-state index < -0.39 is 0 Å². The molecule has 2 aromatic rings. The molecule has 0 aliphatic heterocycles. The molecule has 0 saturated heterocycles. The molecule has 2 heteroatoms. The minimum absolute atomic E-state index is 0.362. The second-order valence-electron chi connectivity index (χ2n) is 4.83. The Morgan fingerprint density at radius 3 is 2.21 bits per heavy atom. The van der Waals surface area contributed by atoms with E-state index >= 15 is 0 Å². The van der Waals surface area contributed by atoms with Gasteiger partial charge in [0.05, 0.1) is 6.10 Å². The van der Waals surface area contributed by atoms with E-state index in [1.54, 1.807) is 0 Å². The van der Waals surface area contributed by atoms with Crippen molar-refractivity contribution in [1.82, 2.24) is 4.98 Å². The van der Waals surface area contributed by atoms with E-state index in [1.165, 1.54) is 0 Å². The lowest BCUT2D eigenvalue weighted by molar-refractivity contribution is 0.173. The number of aliphatic hydroxyl groups is 1. The van der Waals surface area contributed by atoms with Crippen LogP contribution in [0, 0.1) is 0 Å². The number of rotatable bonds is 5. The monoisotopic (exact) mass is 255 g/mol. The molecule has 1 atom stereocenters. The van der Waals surface area contributed by atoms with Crippen LogP contribution in [-0.2, 0) is 6.42 Å². The van der Waals surface area contributed by atoms with Crippen molar-refractivity contribution in [2.45, 2.75) is 39.2 Å². The van der Waals surface area contributed by atoms with E-state index in [2.05, 4.69) is 24.0 Å². The molecule has 100 valence electrons. The average Bonchev–Trinajstić information content (AvgIpc) is 2.48. The molecule has 2 rings (SSSR count). The van der Waals surface area contributed by atoms with Gasteiger partial charge in [0.25, 0.3) is 0 Å². The van der Waals surface area contributed by atoms with Crippen molar-refractivity contribution in [3.8, 4) is 11.1 Å². The molecule has 19 heavy (non-hydrogen) atoms. The van der Waals surface area contributed by atoms with Gasteiger partial charge in [-0.1, -0.05) is 50.6 Å². The standard InChI is InChI=1S/C17H21NO/c1-3-5-16-11-10-15(12-18-16)13-6-8-14(9-7-13)17(19)4-2/h6-12,17,19H,3-5H2,1-2H3. The third-order valence-corrected chi connectivity index (χ3v) is 3.35. The Balaban J connectivity index is 2.17. The van der Waals surface area contributed by atoms with Gasteiger partial charge < -0.3 is 5.11 Å². The summed E-state index contributed by atoms with van der Waals surface area (Å²) in [5.41, 5.74) is 4.38. The predicted molar refractivity (Wildman–Crippen MR) is 78.9 cm³/mol. The smallest absolute Gasteiger partial charge is 0.0787 e. The summed E-state index contributed by atoms with van der Waals surface area (Å²) in [4.78, 5) is 4.47. The van der Waals surface area contributed by atoms with E-state index in [9.17, 15) is 5.11 Å². The SMILES string of the molecule is CCCc1ccc(-c2ccc(C(O)CC)cc2)cn1. The quantitative estimate of drug-likeness (QED) is 0.870. The first-order valence-electron chi connectivity index (χ1n) is 6.98. The van der Waals surface area contributed by atoms with E-state index in [0.29, 0.717) is 0 Å². The Labute approximate surface area is 115 Å². The number of pyridine rings is 1. The van der Waals surface area contributed by atoms with E-state index in [-0.39, 0.29) is 6.10 Å². The second-order valence-corrected chi connectivity index (χ2v) is 4.83. The summed E-state index contributed by atoms with van der Waals surface area (Å²) in [5.74, 6) is 0. The average molecular weight is 255 g/mol. The van der Waals surface area contributed by atoms with Gasteiger partial charge in [0, 0.05) is 17.5 Å². The molecule has 1 aromatic carbocycles. The number of nitrogens with zero attached hydrogens (tertiary/aromatic N) is 1. The fraction of sp³-hybridized carbons (Fsp3) is 0.353. The maximum atomic E-state index is 9.77. The van der Waals surface area contributed by atoms with Gasteiger partial charge in [0.2, 0.25) is 0 Å². The normalized spacial score (nSPS) is 12.4. The Morgan fingerprint density at radius 1 is 1.00 bits per heavy atom. The van der Waals surface area contributed by atoms with Crippen LogP contribution in [0.5, 0.6) is 0 Å². The van der Waals surface area contributed by atoms with Crippen LogP contribution in [0.2, 0.25) is 0 Å². The Bertz CT molecular complexity index is 502. The molecule has 0 radical (unpaired) electrons. The van der Waals surface area contributed by atoms with Crippen LogP contribution < -0.4 is 0 Å². The lowest BCUT2D eigenvalue weighted by Crippen LogP contribution is -1.94. The van der Waals surface area contributed by atoms with Crippen LogP contribution in [0.4, 0.5) is 0 Å². The zero-order valence-corrected chi connectivity index (χ0v) is 11.6. The molecule has 1 aromatic heterocycles. The summed E-state index contributed by atoms with van der Waals surface area (Å²) in [6.07, 6.45) is 4.46. The van der Waals surface area contributed by atoms with Gasteiger partial charge in [-0.2, -0.15) is 0 Å². The zero-order valence-electron chi connectivity index (χ0n) is 11.6. The summed E-state index contributed by atoms with van der Waals surface area (Å²) in [5, 5.41) is 9.77. The fourth-order valence-corrected chi connectivity index (χ4v) is 2.13. The molecule has 0 amide bonds. The minimum Gasteiger partial charge on any atom is -0.388 e. The van der Waals surface area contributed by atoms with Gasteiger partial charge in [-0.25, -0.2) is 0 Å². The predicted octanol–water partition coefficient (Wildman–Crippen LogP) is 4.14. The summed E-state index contributed by atoms with van der Waals surface area (Å²) in [7, 11) is 0. The van der Waals surface area contributed by atoms with Crippen LogP contribution in [0.15, 0.2) is 42.6 Å². The topological polar surface area (TPSA) is 33.1 Å². The molecule has 0 fully saturated rings. The summed E-state index contributed by atoms with van der Waals surface area (Å²) in [6, 6.07) is 12.3. The second kappa shape index (κ2) is 6.48. The molecule has 2 nitrogen and oxygen atoms in total. The lowest BCUT2D eigenvalue weighted by atomic mass is 10.0. The van der Waals surface area contributed by atoms with Gasteiger partial charge in [-0.3, -0.25) is 4.98 Å². The van der Waals surface area contributed by atoms with E-state index in [1.807, 2.05) is 37.4 Å². The maximum absolute atomic E-state index is 9.77. The highest BCUT2D eigenvalue weighted by Gasteiger charge is 2.05. The summed E-state index contributed by atoms with van der Waals surface area (Å²) < 4.78 is 0. The van der Waals surface area contributed by atoms with Crippen LogP contribution in [0.3, 0.4) is 0 Å². The fourth-order valence-electron chi connectivity index (χ4n) is 2.13. The molecule has 1 N–H and O–H groups in total. The number of hydrogen-bond acceptors (Lipinski definition) is 2. The van der Waals surface area contributed by atoms with Crippen LogP contribution in [0.1, 0.15) is 44.1 Å². The molecular weight excluding hydrogens is 234 g/mol. The Kier molecular flexibility index (Phi) is 4.69. The van der Waals surface area contributed by atoms with Crippen molar-refractivity contribution in [3.63, 3.8) is 0 Å². The number of hydrogen-bond donors (Lipinski definition) is 1. The molecule has 0 spiro atoms. The van der Waals surface area contributed by atoms with Crippen LogP contribution in [-0.4, -0.2) is 10.1 Å². The summed E-state index contributed by atoms with van der Waals surface area (Å²) >= 11 is 0. The van der Waals surface area contributed by atoms with E-state index in [4.69, 9.17) is 0 Å². The van der Waals surface area contributed by atoms with Crippen LogP contribution in [0.25, 0.3) is 11.1 Å². The molecule has 0 bridgehead atoms. The van der Waals surface area contributed by atoms with Gasteiger partial charge in [-0.15, -0.1) is 0 Å². The number of aliphatic hydroxyl groups excluding tert-OH is 1. The maximum Gasteiger partial charge on any atom is 0.0787 e. The van der Waals surface area contributed by atoms with Gasteiger partial charge in [0.15, 0.2) is 0 Å². The van der Waals surface area contributed by atoms with Gasteiger partial charge in [0.1, 0.15) is 0 Å². The number of aromatic nitrogens is 1. The number of aryl methyl sites for hydroxylation is 1. The highest BCUT2D eigenvalue weighted by molar-refractivity contribution is 5.62. The van der Waals surface area contributed by atoms with Crippen molar-refractivity contribution >= 4 is 0 Å². The molecule has 0 saturated carbocycles. The molecule has 1 unspecified atom stereocenters. The first-order valence-corrected chi connectivity index (χ1v) is 6.98. The van der Waals surface area contributed by atoms with Gasteiger partial charge in [-0.05, 0) is 30.0 Å². The highest BCUT2D eigenvalue weighted by atomic mass is 16.3. The first-order chi connectivity index (χ1) is 9.24. The lowest BCUT2D eigenvalue weighted by Gasteiger charge is -2.09. The molecule has 0 aliphatic carbocycles. The van der Waals surface area contributed by atoms with Crippen molar-refractivity contribution < 1.29 is 5.11 Å². The van der Waals surface area contributed by atoms with Crippen molar-refractivity contribution in [2.75, 3.05) is 0 Å². The van der Waals surface area contributed by atoms with Crippen molar-refractivity contribution in [2.24, 2.45) is 0 Å². The molecule has 0 aliphatic rings. The van der Waals surface area contributed by atoms with Crippen molar-refractivity contribution in [1.29, 1.82) is 0 Å². The summed E-state index contributed by atoms with van der Waals surface area (Å²) in [6.45, 7) is 4.14. The zero-order chi connectivity index (χ0) is 13.7. The third-order valence-electron chi connectivity index (χ3n) is 3.35. The van der Waals surface area contributed by atoms with Crippen LogP contribution >= 0.6 is 0 Å². The highest BCUT2D eigenvalue weighted by Crippen LogP contribution is 2.23. The largest absolute Gasteiger partial charge is 0.388 e. The third kappa shape index (κ3) is 3.42.